The van der Waals surface area contributed by atoms with Crippen LogP contribution in [0.3, 0.4) is 0 Å². The number of aromatic nitrogens is 3. The zero-order valence-corrected chi connectivity index (χ0v) is 17.0. The molecule has 0 atom stereocenters. The van der Waals surface area contributed by atoms with Crippen LogP contribution in [0.2, 0.25) is 0 Å². The number of rotatable bonds is 6. The summed E-state index contributed by atoms with van der Waals surface area (Å²) in [5, 5.41) is 10.5. The minimum atomic E-state index is -0.206. The number of aromatic amines is 1. The normalized spacial score (nSPS) is 14.9. The number of guanidine groups is 1. The van der Waals surface area contributed by atoms with Crippen LogP contribution in [-0.4, -0.2) is 65.3 Å². The molecule has 9 heteroatoms. The molecule has 1 aromatic carbocycles. The van der Waals surface area contributed by atoms with Crippen LogP contribution in [0.15, 0.2) is 52.1 Å². The van der Waals surface area contributed by atoms with Gasteiger partial charge in [0.15, 0.2) is 11.7 Å². The molecule has 3 heterocycles. The van der Waals surface area contributed by atoms with Gasteiger partial charge in [-0.1, -0.05) is 0 Å². The lowest BCUT2D eigenvalue weighted by molar-refractivity contribution is 0.372. The summed E-state index contributed by atoms with van der Waals surface area (Å²) in [5.74, 6) is 2.68. The molecule has 1 aliphatic heterocycles. The molecule has 158 valence electrons. The molecule has 0 saturated carbocycles. The van der Waals surface area contributed by atoms with Crippen molar-refractivity contribution in [2.45, 2.75) is 13.3 Å². The lowest BCUT2D eigenvalue weighted by Gasteiger charge is -2.37. The Bertz CT molecular complexity index is 944. The zero-order valence-electron chi connectivity index (χ0n) is 17.0. The Hall–Kier alpha value is -3.36. The van der Waals surface area contributed by atoms with E-state index in [-0.39, 0.29) is 5.82 Å². The Kier molecular flexibility index (Phi) is 6.26. The molecule has 0 unspecified atom stereocenters. The number of aliphatic imine (C=N–C) groups is 1. The van der Waals surface area contributed by atoms with Crippen molar-refractivity contribution < 1.29 is 8.81 Å². The molecule has 1 saturated heterocycles. The molecule has 0 radical (unpaired) electrons. The van der Waals surface area contributed by atoms with Gasteiger partial charge in [-0.3, -0.25) is 10.1 Å². The smallest absolute Gasteiger partial charge is 0.216 e. The number of nitrogens with zero attached hydrogens (tertiary/aromatic N) is 5. The van der Waals surface area contributed by atoms with Crippen molar-refractivity contribution >= 4 is 11.6 Å². The van der Waals surface area contributed by atoms with E-state index >= 15 is 0 Å². The molecule has 1 aliphatic rings. The number of H-pyrrole nitrogens is 1. The molecular weight excluding hydrogens is 385 g/mol. The van der Waals surface area contributed by atoms with E-state index in [2.05, 4.69) is 37.2 Å². The molecule has 4 rings (SSSR count). The third kappa shape index (κ3) is 4.79. The van der Waals surface area contributed by atoms with Crippen LogP contribution < -0.4 is 10.2 Å². The van der Waals surface area contributed by atoms with Gasteiger partial charge in [0.25, 0.3) is 0 Å². The SMILES string of the molecule is CCNC(=NCCc1nc(-c2ccco2)n[nH]1)N1CCN(c2ccc(F)cc2)CC1. The molecule has 30 heavy (non-hydrogen) atoms. The molecule has 0 bridgehead atoms. The minimum Gasteiger partial charge on any atom is -0.461 e. The summed E-state index contributed by atoms with van der Waals surface area (Å²) in [7, 11) is 0. The maximum absolute atomic E-state index is 13.2. The van der Waals surface area contributed by atoms with Gasteiger partial charge in [-0.15, -0.1) is 0 Å². The highest BCUT2D eigenvalue weighted by Crippen LogP contribution is 2.17. The number of hydrogen-bond acceptors (Lipinski definition) is 5. The lowest BCUT2D eigenvalue weighted by Crippen LogP contribution is -2.52. The first-order chi connectivity index (χ1) is 14.7. The van der Waals surface area contributed by atoms with Gasteiger partial charge in [-0.05, 0) is 43.3 Å². The number of halogens is 1. The summed E-state index contributed by atoms with van der Waals surface area (Å²) in [6.07, 6.45) is 2.27. The van der Waals surface area contributed by atoms with Crippen LogP contribution >= 0.6 is 0 Å². The maximum atomic E-state index is 13.2. The van der Waals surface area contributed by atoms with E-state index in [0.29, 0.717) is 24.6 Å². The second kappa shape index (κ2) is 9.43. The molecule has 8 nitrogen and oxygen atoms in total. The van der Waals surface area contributed by atoms with Crippen LogP contribution in [-0.2, 0) is 6.42 Å². The number of piperazine rings is 1. The van der Waals surface area contributed by atoms with Gasteiger partial charge in [-0.2, -0.15) is 5.10 Å². The second-order valence-corrected chi connectivity index (χ2v) is 7.02. The van der Waals surface area contributed by atoms with Gasteiger partial charge in [0.2, 0.25) is 5.82 Å². The van der Waals surface area contributed by atoms with Crippen LogP contribution in [0.4, 0.5) is 10.1 Å². The van der Waals surface area contributed by atoms with E-state index < -0.39 is 0 Å². The highest BCUT2D eigenvalue weighted by atomic mass is 19.1. The van der Waals surface area contributed by atoms with E-state index in [1.807, 2.05) is 24.3 Å². The fraction of sp³-hybridized carbons (Fsp3) is 0.381. The summed E-state index contributed by atoms with van der Waals surface area (Å²) in [6.45, 7) is 6.92. The fourth-order valence-corrected chi connectivity index (χ4v) is 3.44. The largest absolute Gasteiger partial charge is 0.461 e. The van der Waals surface area contributed by atoms with Gasteiger partial charge in [-0.25, -0.2) is 9.37 Å². The van der Waals surface area contributed by atoms with Gasteiger partial charge in [0, 0.05) is 51.4 Å². The molecule has 2 aromatic heterocycles. The summed E-state index contributed by atoms with van der Waals surface area (Å²) < 4.78 is 18.5. The number of nitrogens with one attached hydrogen (secondary N) is 2. The molecular formula is C21H26FN7O. The van der Waals surface area contributed by atoms with Crippen molar-refractivity contribution in [3.63, 3.8) is 0 Å². The number of benzene rings is 1. The topological polar surface area (TPSA) is 85.6 Å². The Morgan fingerprint density at radius 2 is 2.00 bits per heavy atom. The first kappa shape index (κ1) is 19.9. The standard InChI is InChI=1S/C21H26FN7O/c1-2-23-21(24-10-9-19-25-20(27-26-19)18-4-3-15-30-18)29-13-11-28(12-14-29)17-7-5-16(22)6-8-17/h3-8,15H,2,9-14H2,1H3,(H,23,24)(H,25,26,27). The first-order valence-electron chi connectivity index (χ1n) is 10.2. The Morgan fingerprint density at radius 1 is 1.20 bits per heavy atom. The Balaban J connectivity index is 1.32. The minimum absolute atomic E-state index is 0.206. The van der Waals surface area contributed by atoms with Crippen LogP contribution in [0, 0.1) is 5.82 Å². The van der Waals surface area contributed by atoms with Gasteiger partial charge in [0.05, 0.1) is 6.26 Å². The summed E-state index contributed by atoms with van der Waals surface area (Å²) in [6, 6.07) is 10.3. The van der Waals surface area contributed by atoms with Crippen molar-refractivity contribution in [3.05, 3.63) is 54.3 Å². The summed E-state index contributed by atoms with van der Waals surface area (Å²) in [5.41, 5.74) is 1.05. The van der Waals surface area contributed by atoms with Crippen LogP contribution in [0.5, 0.6) is 0 Å². The van der Waals surface area contributed by atoms with Crippen molar-refractivity contribution in [1.29, 1.82) is 0 Å². The molecule has 2 N–H and O–H groups in total. The van der Waals surface area contributed by atoms with E-state index in [1.54, 1.807) is 6.26 Å². The third-order valence-corrected chi connectivity index (χ3v) is 4.99. The van der Waals surface area contributed by atoms with Crippen molar-refractivity contribution in [3.8, 4) is 11.6 Å². The highest BCUT2D eigenvalue weighted by Gasteiger charge is 2.20. The van der Waals surface area contributed by atoms with Crippen LogP contribution in [0.1, 0.15) is 12.7 Å². The molecule has 0 spiro atoms. The maximum Gasteiger partial charge on any atom is 0.216 e. The predicted molar refractivity (Wildman–Crippen MR) is 114 cm³/mol. The summed E-state index contributed by atoms with van der Waals surface area (Å²) in [4.78, 5) is 13.8. The molecule has 0 aliphatic carbocycles. The van der Waals surface area contributed by atoms with E-state index in [1.165, 1.54) is 12.1 Å². The lowest BCUT2D eigenvalue weighted by atomic mass is 10.2. The second-order valence-electron chi connectivity index (χ2n) is 7.02. The van der Waals surface area contributed by atoms with E-state index in [4.69, 9.17) is 9.41 Å². The monoisotopic (exact) mass is 411 g/mol. The zero-order chi connectivity index (χ0) is 20.8. The van der Waals surface area contributed by atoms with E-state index in [9.17, 15) is 4.39 Å². The van der Waals surface area contributed by atoms with Crippen molar-refractivity contribution in [2.24, 2.45) is 4.99 Å². The first-order valence-corrected chi connectivity index (χ1v) is 10.2. The number of anilines is 1. The van der Waals surface area contributed by atoms with Gasteiger partial charge >= 0.3 is 0 Å². The Morgan fingerprint density at radius 3 is 2.70 bits per heavy atom. The van der Waals surface area contributed by atoms with Crippen molar-refractivity contribution in [1.82, 2.24) is 25.4 Å². The fourth-order valence-electron chi connectivity index (χ4n) is 3.44. The van der Waals surface area contributed by atoms with Gasteiger partial charge in [0.1, 0.15) is 11.6 Å². The predicted octanol–water partition coefficient (Wildman–Crippen LogP) is 2.53. The van der Waals surface area contributed by atoms with Crippen molar-refractivity contribution in [2.75, 3.05) is 44.2 Å². The summed E-state index contributed by atoms with van der Waals surface area (Å²) >= 11 is 0. The average molecular weight is 411 g/mol. The van der Waals surface area contributed by atoms with Crippen LogP contribution in [0.25, 0.3) is 11.6 Å². The van der Waals surface area contributed by atoms with Gasteiger partial charge < -0.3 is 19.5 Å². The Labute approximate surface area is 174 Å². The molecule has 0 amide bonds. The molecule has 3 aromatic rings. The van der Waals surface area contributed by atoms with E-state index in [0.717, 1.165) is 50.2 Å². The highest BCUT2D eigenvalue weighted by molar-refractivity contribution is 5.80. The quantitative estimate of drug-likeness (QED) is 0.479. The average Bonchev–Trinajstić information content (AvgIpc) is 3.46. The third-order valence-electron chi connectivity index (χ3n) is 4.99. The number of furan rings is 1. The number of hydrogen-bond donors (Lipinski definition) is 2. The molecule has 1 fully saturated rings.